The van der Waals surface area contributed by atoms with Crippen molar-refractivity contribution in [1.82, 2.24) is 10.2 Å². The molecule has 1 heterocycles. The van der Waals surface area contributed by atoms with Gasteiger partial charge in [-0.05, 0) is 71.7 Å². The van der Waals surface area contributed by atoms with Crippen molar-refractivity contribution in [2.24, 2.45) is 0 Å². The quantitative estimate of drug-likeness (QED) is 0.349. The van der Waals surface area contributed by atoms with Crippen LogP contribution in [0.15, 0.2) is 48.0 Å². The van der Waals surface area contributed by atoms with Gasteiger partial charge in [-0.3, -0.25) is 19.8 Å². The maximum absolute atomic E-state index is 12.9. The van der Waals surface area contributed by atoms with Crippen molar-refractivity contribution in [1.29, 1.82) is 0 Å². The number of hydrogen-bond acceptors (Lipinski definition) is 4. The normalized spacial score (nSPS) is 18.6. The van der Waals surface area contributed by atoms with Gasteiger partial charge in [0.15, 0.2) is 0 Å². The van der Waals surface area contributed by atoms with E-state index in [1.807, 2.05) is 37.3 Å². The van der Waals surface area contributed by atoms with Crippen LogP contribution in [-0.2, 0) is 16.2 Å². The maximum atomic E-state index is 12.9. The van der Waals surface area contributed by atoms with Crippen LogP contribution in [0.3, 0.4) is 0 Å². The number of carbonyl (C=O) groups is 3. The highest BCUT2D eigenvalue weighted by Crippen LogP contribution is 2.28. The number of halogens is 1. The van der Waals surface area contributed by atoms with Crippen molar-refractivity contribution in [3.8, 4) is 5.75 Å². The third-order valence-corrected chi connectivity index (χ3v) is 6.41. The van der Waals surface area contributed by atoms with Crippen molar-refractivity contribution in [3.63, 3.8) is 0 Å². The van der Waals surface area contributed by atoms with Crippen molar-refractivity contribution in [2.75, 3.05) is 0 Å². The third-order valence-electron chi connectivity index (χ3n) is 5.57. The molecule has 6 nitrogen and oxygen atoms in total. The van der Waals surface area contributed by atoms with E-state index in [0.29, 0.717) is 12.2 Å². The predicted octanol–water partition coefficient (Wildman–Crippen LogP) is 4.58. The summed E-state index contributed by atoms with van der Waals surface area (Å²) in [5.74, 6) is -0.444. The average molecular weight is 530 g/mol. The molecule has 2 aliphatic rings. The number of benzene rings is 2. The lowest BCUT2D eigenvalue weighted by Crippen LogP contribution is -2.57. The summed E-state index contributed by atoms with van der Waals surface area (Å²) in [6, 6.07) is 12.9. The van der Waals surface area contributed by atoms with Gasteiger partial charge in [-0.1, -0.05) is 48.7 Å². The molecule has 0 radical (unpaired) electrons. The number of urea groups is 1. The number of aryl methyl sites for hydroxylation is 1. The first kappa shape index (κ1) is 21.5. The molecule has 0 aromatic heterocycles. The van der Waals surface area contributed by atoms with Gasteiger partial charge in [0.1, 0.15) is 17.9 Å². The van der Waals surface area contributed by atoms with Crippen LogP contribution in [0.2, 0.25) is 0 Å². The van der Waals surface area contributed by atoms with Crippen molar-refractivity contribution in [2.45, 2.75) is 45.3 Å². The summed E-state index contributed by atoms with van der Waals surface area (Å²) in [4.78, 5) is 38.7. The number of imide groups is 2. The Morgan fingerprint density at radius 1 is 1.13 bits per heavy atom. The van der Waals surface area contributed by atoms with E-state index in [2.05, 4.69) is 34.0 Å². The SMILES string of the molecule is Cc1cccc(COc2ccc(/C=C3\C(=O)NC(=O)N(C4CCCC4)C3=O)cc2I)c1. The highest BCUT2D eigenvalue weighted by atomic mass is 127. The summed E-state index contributed by atoms with van der Waals surface area (Å²) >= 11 is 2.17. The van der Waals surface area contributed by atoms with Crippen molar-refractivity contribution >= 4 is 46.5 Å². The number of nitrogens with one attached hydrogen (secondary N) is 1. The monoisotopic (exact) mass is 530 g/mol. The zero-order chi connectivity index (χ0) is 22.0. The topological polar surface area (TPSA) is 75.7 Å². The summed E-state index contributed by atoms with van der Waals surface area (Å²) in [5, 5.41) is 2.31. The molecule has 4 rings (SSSR count). The number of hydrogen-bond donors (Lipinski definition) is 1. The number of amides is 4. The van der Waals surface area contributed by atoms with Crippen LogP contribution in [-0.4, -0.2) is 28.8 Å². The Morgan fingerprint density at radius 2 is 1.90 bits per heavy atom. The zero-order valence-corrected chi connectivity index (χ0v) is 19.3. The second-order valence-corrected chi connectivity index (χ2v) is 9.06. The summed E-state index contributed by atoms with van der Waals surface area (Å²) < 4.78 is 6.80. The van der Waals surface area contributed by atoms with E-state index in [-0.39, 0.29) is 11.6 Å². The molecule has 7 heteroatoms. The summed E-state index contributed by atoms with van der Waals surface area (Å²) in [6.45, 7) is 2.50. The fourth-order valence-electron chi connectivity index (χ4n) is 4.02. The number of rotatable bonds is 5. The molecular formula is C24H23IN2O4. The first-order valence-electron chi connectivity index (χ1n) is 10.3. The molecule has 0 unspecified atom stereocenters. The van der Waals surface area contributed by atoms with Gasteiger partial charge in [-0.25, -0.2) is 4.79 Å². The number of nitrogens with zero attached hydrogens (tertiary/aromatic N) is 1. The van der Waals surface area contributed by atoms with Crippen LogP contribution in [0.4, 0.5) is 4.79 Å². The van der Waals surface area contributed by atoms with E-state index in [1.54, 1.807) is 12.1 Å². The summed E-state index contributed by atoms with van der Waals surface area (Å²) in [6.07, 6.45) is 5.07. The molecule has 2 fully saturated rings. The molecule has 1 saturated carbocycles. The second kappa shape index (κ2) is 9.21. The minimum Gasteiger partial charge on any atom is -0.488 e. The van der Waals surface area contributed by atoms with Gasteiger partial charge in [0.2, 0.25) is 0 Å². The van der Waals surface area contributed by atoms with Crippen LogP contribution >= 0.6 is 22.6 Å². The van der Waals surface area contributed by atoms with E-state index in [9.17, 15) is 14.4 Å². The van der Waals surface area contributed by atoms with E-state index in [0.717, 1.165) is 40.6 Å². The van der Waals surface area contributed by atoms with Gasteiger partial charge in [-0.2, -0.15) is 0 Å². The largest absolute Gasteiger partial charge is 0.488 e. The Morgan fingerprint density at radius 3 is 2.61 bits per heavy atom. The molecule has 1 saturated heterocycles. The Balaban J connectivity index is 1.52. The van der Waals surface area contributed by atoms with Gasteiger partial charge >= 0.3 is 6.03 Å². The Kier molecular flexibility index (Phi) is 6.41. The molecule has 31 heavy (non-hydrogen) atoms. The number of ether oxygens (including phenoxy) is 1. The lowest BCUT2D eigenvalue weighted by atomic mass is 10.1. The summed E-state index contributed by atoms with van der Waals surface area (Å²) in [5.41, 5.74) is 2.95. The fourth-order valence-corrected chi connectivity index (χ4v) is 4.71. The second-order valence-electron chi connectivity index (χ2n) is 7.90. The molecule has 160 valence electrons. The lowest BCUT2D eigenvalue weighted by molar-refractivity contribution is -0.131. The van der Waals surface area contributed by atoms with E-state index in [1.165, 1.54) is 10.5 Å². The molecule has 1 aliphatic heterocycles. The minimum absolute atomic E-state index is 0.0178. The van der Waals surface area contributed by atoms with Crippen LogP contribution < -0.4 is 10.1 Å². The lowest BCUT2D eigenvalue weighted by Gasteiger charge is -2.31. The molecule has 2 aromatic rings. The average Bonchev–Trinajstić information content (AvgIpc) is 3.25. The van der Waals surface area contributed by atoms with Crippen LogP contribution in [0.5, 0.6) is 5.75 Å². The Bertz CT molecular complexity index is 1070. The van der Waals surface area contributed by atoms with Crippen LogP contribution in [0.25, 0.3) is 6.08 Å². The molecular weight excluding hydrogens is 507 g/mol. The van der Waals surface area contributed by atoms with E-state index in [4.69, 9.17) is 4.74 Å². The fraction of sp³-hybridized carbons (Fsp3) is 0.292. The Hall–Kier alpha value is -2.68. The standard InChI is InChI=1S/C24H23IN2O4/c1-15-5-4-6-17(11-15)14-31-21-10-9-16(13-20(21)25)12-19-22(28)26-24(30)27(23(19)29)18-7-2-3-8-18/h4-6,9-13,18H,2-3,7-8,14H2,1H3,(H,26,28,30)/b19-12+. The molecule has 1 aliphatic carbocycles. The van der Waals surface area contributed by atoms with Crippen LogP contribution in [0, 0.1) is 10.5 Å². The van der Waals surface area contributed by atoms with Crippen molar-refractivity contribution < 1.29 is 19.1 Å². The van der Waals surface area contributed by atoms with Gasteiger partial charge in [0.05, 0.1) is 3.57 Å². The molecule has 0 bridgehead atoms. The smallest absolute Gasteiger partial charge is 0.331 e. The summed E-state index contributed by atoms with van der Waals surface area (Å²) in [7, 11) is 0. The molecule has 0 spiro atoms. The third kappa shape index (κ3) is 4.81. The first-order chi connectivity index (χ1) is 14.9. The van der Waals surface area contributed by atoms with Gasteiger partial charge in [0, 0.05) is 6.04 Å². The first-order valence-corrected chi connectivity index (χ1v) is 11.4. The van der Waals surface area contributed by atoms with E-state index >= 15 is 0 Å². The number of carbonyl (C=O) groups excluding carboxylic acids is 3. The van der Waals surface area contributed by atoms with Crippen LogP contribution in [0.1, 0.15) is 42.4 Å². The molecule has 2 aromatic carbocycles. The van der Waals surface area contributed by atoms with E-state index < -0.39 is 17.8 Å². The van der Waals surface area contributed by atoms with Gasteiger partial charge in [0.25, 0.3) is 11.8 Å². The number of barbiturate groups is 1. The molecule has 1 N–H and O–H groups in total. The highest BCUT2D eigenvalue weighted by Gasteiger charge is 2.40. The molecule has 0 atom stereocenters. The maximum Gasteiger partial charge on any atom is 0.331 e. The zero-order valence-electron chi connectivity index (χ0n) is 17.2. The minimum atomic E-state index is -0.654. The Labute approximate surface area is 194 Å². The molecule has 4 amide bonds. The van der Waals surface area contributed by atoms with Gasteiger partial charge < -0.3 is 4.74 Å². The predicted molar refractivity (Wildman–Crippen MR) is 125 cm³/mol. The van der Waals surface area contributed by atoms with Crippen molar-refractivity contribution in [3.05, 3.63) is 68.3 Å². The highest BCUT2D eigenvalue weighted by molar-refractivity contribution is 14.1. The van der Waals surface area contributed by atoms with Gasteiger partial charge in [-0.15, -0.1) is 0 Å².